The van der Waals surface area contributed by atoms with Crippen LogP contribution in [0.1, 0.15) is 20.3 Å². The molecule has 0 aromatic heterocycles. The molecule has 0 saturated carbocycles. The second-order valence-corrected chi connectivity index (χ2v) is 3.97. The van der Waals surface area contributed by atoms with E-state index < -0.39 is 21.5 Å². The number of rotatable bonds is 3. The molecule has 6 nitrogen and oxygen atoms in total. The minimum absolute atomic E-state index is 0. The zero-order valence-electron chi connectivity index (χ0n) is 8.93. The third kappa shape index (κ3) is 14.7. The molecular weight excluding hydrogens is 251 g/mol. The van der Waals surface area contributed by atoms with Crippen LogP contribution in [0.15, 0.2) is 12.2 Å². The third-order valence-electron chi connectivity index (χ3n) is 1.05. The Morgan fingerprint density at radius 2 is 1.80 bits per heavy atom. The van der Waals surface area contributed by atoms with E-state index in [1.54, 1.807) is 0 Å². The molecular formula is C7H13KO6S. The van der Waals surface area contributed by atoms with Crippen molar-refractivity contribution in [3.05, 3.63) is 12.2 Å². The summed E-state index contributed by atoms with van der Waals surface area (Å²) in [7, 11) is -4.45. The van der Waals surface area contributed by atoms with Gasteiger partial charge in [0.2, 0.25) is 0 Å². The normalized spacial score (nSPS) is 11.5. The Balaban J connectivity index is -0.000000187. The zero-order chi connectivity index (χ0) is 11.9. The first kappa shape index (κ1) is 21.0. The molecule has 0 heterocycles. The Kier molecular flexibility index (Phi) is 13.9. The van der Waals surface area contributed by atoms with E-state index in [0.29, 0.717) is 0 Å². The Bertz CT molecular complexity index is 285. The molecule has 0 fully saturated rings. The molecule has 0 bridgehead atoms. The summed E-state index contributed by atoms with van der Waals surface area (Å²) in [6.07, 6.45) is -0.0498. The fourth-order valence-electron chi connectivity index (χ4n) is 0.204. The van der Waals surface area contributed by atoms with Gasteiger partial charge in [-0.3, -0.25) is 0 Å². The van der Waals surface area contributed by atoms with Crippen LogP contribution >= 0.6 is 0 Å². The van der Waals surface area contributed by atoms with Gasteiger partial charge in [0.15, 0.2) is 0 Å². The second kappa shape index (κ2) is 9.91. The van der Waals surface area contributed by atoms with Crippen LogP contribution in [0.3, 0.4) is 0 Å². The van der Waals surface area contributed by atoms with Crippen LogP contribution in [0, 0.1) is 0 Å². The van der Waals surface area contributed by atoms with E-state index in [-0.39, 0.29) is 63.4 Å². The van der Waals surface area contributed by atoms with Crippen molar-refractivity contribution in [2.24, 2.45) is 0 Å². The minimum atomic E-state index is -4.45. The smallest absolute Gasteiger partial charge is 0.746 e. The predicted octanol–water partition coefficient (Wildman–Crippen LogP) is -3.09. The topological polar surface area (TPSA) is 115 Å². The molecule has 1 atom stereocenters. The van der Waals surface area contributed by atoms with Crippen molar-refractivity contribution in [3.63, 3.8) is 0 Å². The summed E-state index contributed by atoms with van der Waals surface area (Å²) in [5, 5.41) is 16.2. The molecule has 2 N–H and O–H groups in total. The summed E-state index contributed by atoms with van der Waals surface area (Å²) in [6.45, 7) is 6.02. The van der Waals surface area contributed by atoms with Gasteiger partial charge >= 0.3 is 57.4 Å². The second-order valence-electron chi connectivity index (χ2n) is 2.44. The number of carboxylic acid groups (broad SMARTS) is 1. The summed E-state index contributed by atoms with van der Waals surface area (Å²) in [6, 6.07) is 0. The van der Waals surface area contributed by atoms with Crippen molar-refractivity contribution in [1.82, 2.24) is 0 Å². The van der Waals surface area contributed by atoms with Crippen LogP contribution in [-0.2, 0) is 14.9 Å². The summed E-state index contributed by atoms with van der Waals surface area (Å²) >= 11 is 0. The molecule has 15 heavy (non-hydrogen) atoms. The molecule has 0 amide bonds. The Morgan fingerprint density at radius 1 is 1.53 bits per heavy atom. The molecule has 0 aliphatic rings. The molecule has 0 aromatic carbocycles. The van der Waals surface area contributed by atoms with Crippen molar-refractivity contribution in [2.75, 3.05) is 0 Å². The van der Waals surface area contributed by atoms with Crippen molar-refractivity contribution in [1.29, 1.82) is 0 Å². The number of aliphatic hydroxyl groups excluding tert-OH is 1. The third-order valence-corrected chi connectivity index (χ3v) is 2.05. The molecule has 1 unspecified atom stereocenters. The van der Waals surface area contributed by atoms with Crippen LogP contribution in [0.25, 0.3) is 0 Å². The zero-order valence-corrected chi connectivity index (χ0v) is 12.9. The molecule has 0 spiro atoms. The summed E-state index contributed by atoms with van der Waals surface area (Å²) in [5.41, 5.74) is -1.56. The molecule has 0 rings (SSSR count). The quantitative estimate of drug-likeness (QED) is 0.317. The van der Waals surface area contributed by atoms with Crippen molar-refractivity contribution < 1.29 is 79.4 Å². The number of carbonyl (C=O) groups is 1. The first-order valence-electron chi connectivity index (χ1n) is 3.64. The average molecular weight is 264 g/mol. The van der Waals surface area contributed by atoms with Gasteiger partial charge in [0.05, 0.1) is 0 Å². The number of carboxylic acids is 1. The van der Waals surface area contributed by atoms with Crippen LogP contribution in [0.2, 0.25) is 0 Å². The van der Waals surface area contributed by atoms with E-state index in [1.165, 1.54) is 13.8 Å². The Hall–Kier alpha value is 0.716. The molecule has 84 valence electrons. The number of aliphatic carboxylic acids is 1. The summed E-state index contributed by atoms with van der Waals surface area (Å²) < 4.78 is 29.3. The fraction of sp³-hybridized carbons (Fsp3) is 0.571. The Morgan fingerprint density at radius 3 is 1.80 bits per heavy atom. The maximum atomic E-state index is 9.76. The van der Waals surface area contributed by atoms with E-state index in [4.69, 9.17) is 10.2 Å². The first-order chi connectivity index (χ1) is 6.12. The fourth-order valence-corrected chi connectivity index (χ4v) is 0.612. The van der Waals surface area contributed by atoms with Crippen molar-refractivity contribution >= 4 is 16.1 Å². The van der Waals surface area contributed by atoms with Gasteiger partial charge in [-0.2, -0.15) is 0 Å². The van der Waals surface area contributed by atoms with E-state index in [9.17, 15) is 17.8 Å². The van der Waals surface area contributed by atoms with Crippen molar-refractivity contribution in [3.8, 4) is 0 Å². The average Bonchev–Trinajstić information content (AvgIpc) is 2.02. The van der Waals surface area contributed by atoms with Crippen molar-refractivity contribution in [2.45, 2.75) is 25.7 Å². The van der Waals surface area contributed by atoms with Gasteiger partial charge in [0.25, 0.3) is 0 Å². The maximum Gasteiger partial charge on any atom is 1.00 e. The number of hydrogen-bond acceptors (Lipinski definition) is 5. The molecule has 0 saturated heterocycles. The number of hydrogen-bond donors (Lipinski definition) is 2. The van der Waals surface area contributed by atoms with E-state index in [1.807, 2.05) is 0 Å². The molecule has 0 aliphatic carbocycles. The van der Waals surface area contributed by atoms with Crippen LogP contribution in [-0.4, -0.2) is 34.6 Å². The molecule has 0 aliphatic heterocycles. The van der Waals surface area contributed by atoms with Gasteiger partial charge < -0.3 is 14.8 Å². The van der Waals surface area contributed by atoms with Gasteiger partial charge in [-0.1, -0.05) is 13.5 Å². The van der Waals surface area contributed by atoms with Gasteiger partial charge in [-0.05, 0) is 13.3 Å². The first-order valence-corrected chi connectivity index (χ1v) is 5.11. The van der Waals surface area contributed by atoms with Gasteiger partial charge in [0, 0.05) is 5.57 Å². The Labute approximate surface area is 132 Å². The summed E-state index contributed by atoms with van der Waals surface area (Å²) in [5.74, 6) is -0.935. The largest absolute Gasteiger partial charge is 1.00 e. The van der Waals surface area contributed by atoms with E-state index in [2.05, 4.69) is 6.58 Å². The minimum Gasteiger partial charge on any atom is -0.746 e. The molecule has 0 radical (unpaired) electrons. The maximum absolute atomic E-state index is 9.76. The van der Waals surface area contributed by atoms with Crippen LogP contribution < -0.4 is 51.4 Å². The van der Waals surface area contributed by atoms with E-state index in [0.717, 1.165) is 0 Å². The van der Waals surface area contributed by atoms with Gasteiger partial charge in [0.1, 0.15) is 15.6 Å². The van der Waals surface area contributed by atoms with Crippen LogP contribution in [0.4, 0.5) is 0 Å². The van der Waals surface area contributed by atoms with Crippen LogP contribution in [0.5, 0.6) is 0 Å². The van der Waals surface area contributed by atoms with Gasteiger partial charge in [-0.25, -0.2) is 13.2 Å². The monoisotopic (exact) mass is 264 g/mol. The molecule has 8 heteroatoms. The number of aliphatic hydroxyl groups is 1. The standard InChI is InChI=1S/C4H6O2.C3H8O4S.K/c1-3(2)4(5)6;1-2-3(4)8(5,6)7;/h1H2,2H3,(H,5,6);3-4H,2H2,1H3,(H,5,6,7);/q;;+1/p-1. The van der Waals surface area contributed by atoms with Gasteiger partial charge in [-0.15, -0.1) is 0 Å². The van der Waals surface area contributed by atoms with E-state index >= 15 is 0 Å². The SMILES string of the molecule is C=C(C)C(=O)O.CCC(O)S(=O)(=O)[O-].[K+]. The molecule has 0 aromatic rings. The summed E-state index contributed by atoms with van der Waals surface area (Å²) in [4.78, 5) is 9.60. The predicted molar refractivity (Wildman–Crippen MR) is 48.4 cm³/mol.